The van der Waals surface area contributed by atoms with E-state index >= 15 is 0 Å². The number of hydrogen-bond donors (Lipinski definition) is 2. The van der Waals surface area contributed by atoms with Gasteiger partial charge in [0.15, 0.2) is 5.69 Å². The van der Waals surface area contributed by atoms with Gasteiger partial charge in [-0.2, -0.15) is 0 Å². The van der Waals surface area contributed by atoms with Crippen LogP contribution in [0.2, 0.25) is 0 Å². The van der Waals surface area contributed by atoms with Crippen LogP contribution in [0.25, 0.3) is 0 Å². The minimum atomic E-state index is -1.21. The van der Waals surface area contributed by atoms with E-state index in [1.54, 1.807) is 18.2 Å². The number of carboxylic acids is 1. The molecule has 1 heterocycles. The van der Waals surface area contributed by atoms with Gasteiger partial charge in [-0.05, 0) is 26.0 Å². The van der Waals surface area contributed by atoms with Crippen LogP contribution in [0, 0.1) is 0 Å². The molecule has 1 aromatic carbocycles. The Bertz CT molecular complexity index is 731. The second-order valence-electron chi connectivity index (χ2n) is 4.57. The van der Waals surface area contributed by atoms with Crippen molar-refractivity contribution < 1.29 is 24.2 Å². The van der Waals surface area contributed by atoms with Gasteiger partial charge in [-0.15, -0.1) is 0 Å². The number of carbonyl (C=O) groups is 2. The zero-order valence-corrected chi connectivity index (χ0v) is 13.3. The van der Waals surface area contributed by atoms with Crippen LogP contribution < -0.4 is 14.8 Å². The maximum Gasteiger partial charge on any atom is 0.356 e. The standard InChI is InChI=1S/C16H17N3O5/c1-3-23-10-5-6-14(24-4-2)11(7-10)19-15(20)12-8-18-13(9-17-12)16(21)22/h5-9H,3-4H2,1-2H3,(H,19,20)(H,21,22). The number of benzene rings is 1. The van der Waals surface area contributed by atoms with Gasteiger partial charge in [0.05, 0.1) is 31.3 Å². The number of anilines is 1. The van der Waals surface area contributed by atoms with E-state index in [0.29, 0.717) is 30.4 Å². The Morgan fingerprint density at radius 1 is 1.08 bits per heavy atom. The second kappa shape index (κ2) is 7.91. The van der Waals surface area contributed by atoms with Gasteiger partial charge in [-0.1, -0.05) is 0 Å². The van der Waals surface area contributed by atoms with Gasteiger partial charge in [0.2, 0.25) is 0 Å². The number of nitrogens with zero attached hydrogens (tertiary/aromatic N) is 2. The third kappa shape index (κ3) is 4.19. The number of nitrogens with one attached hydrogen (secondary N) is 1. The lowest BCUT2D eigenvalue weighted by molar-refractivity contribution is 0.0689. The van der Waals surface area contributed by atoms with E-state index < -0.39 is 11.9 Å². The predicted molar refractivity (Wildman–Crippen MR) is 85.7 cm³/mol. The number of carboxylic acid groups (broad SMARTS) is 1. The van der Waals surface area contributed by atoms with Crippen LogP contribution in [0.1, 0.15) is 34.8 Å². The number of ether oxygens (including phenoxy) is 2. The molecule has 0 bridgehead atoms. The molecular formula is C16H17N3O5. The molecule has 0 aliphatic rings. The van der Waals surface area contributed by atoms with Gasteiger partial charge in [0, 0.05) is 6.07 Å². The van der Waals surface area contributed by atoms with Gasteiger partial charge >= 0.3 is 5.97 Å². The zero-order chi connectivity index (χ0) is 17.5. The van der Waals surface area contributed by atoms with Gasteiger partial charge < -0.3 is 19.9 Å². The molecule has 8 nitrogen and oxygen atoms in total. The highest BCUT2D eigenvalue weighted by Crippen LogP contribution is 2.29. The zero-order valence-electron chi connectivity index (χ0n) is 13.3. The Kier molecular flexibility index (Phi) is 5.67. The Hall–Kier alpha value is -3.16. The maximum atomic E-state index is 12.3. The topological polar surface area (TPSA) is 111 Å². The van der Waals surface area contributed by atoms with Crippen LogP contribution in [-0.2, 0) is 0 Å². The van der Waals surface area contributed by atoms with Crippen molar-refractivity contribution in [2.45, 2.75) is 13.8 Å². The van der Waals surface area contributed by atoms with Crippen molar-refractivity contribution in [3.63, 3.8) is 0 Å². The molecule has 1 amide bonds. The third-order valence-electron chi connectivity index (χ3n) is 2.91. The fraction of sp³-hybridized carbons (Fsp3) is 0.250. The summed E-state index contributed by atoms with van der Waals surface area (Å²) < 4.78 is 10.9. The van der Waals surface area contributed by atoms with Crippen LogP contribution in [0.3, 0.4) is 0 Å². The summed E-state index contributed by atoms with van der Waals surface area (Å²) in [5.74, 6) is -0.667. The smallest absolute Gasteiger partial charge is 0.356 e. The SMILES string of the molecule is CCOc1ccc(OCC)c(NC(=O)c2cnc(C(=O)O)cn2)c1. The normalized spacial score (nSPS) is 10.1. The minimum Gasteiger partial charge on any atom is -0.494 e. The number of amides is 1. The summed E-state index contributed by atoms with van der Waals surface area (Å²) in [6.07, 6.45) is 2.13. The summed E-state index contributed by atoms with van der Waals surface area (Å²) in [7, 11) is 0. The highest BCUT2D eigenvalue weighted by molar-refractivity contribution is 6.03. The lowest BCUT2D eigenvalue weighted by Crippen LogP contribution is -2.16. The lowest BCUT2D eigenvalue weighted by Gasteiger charge is -2.13. The quantitative estimate of drug-likeness (QED) is 0.800. The number of rotatable bonds is 7. The molecule has 8 heteroatoms. The second-order valence-corrected chi connectivity index (χ2v) is 4.57. The van der Waals surface area contributed by atoms with Crippen molar-refractivity contribution in [2.24, 2.45) is 0 Å². The van der Waals surface area contributed by atoms with Gasteiger partial charge in [0.25, 0.3) is 5.91 Å². The number of aromatic carboxylic acids is 1. The van der Waals surface area contributed by atoms with E-state index in [1.165, 1.54) is 0 Å². The van der Waals surface area contributed by atoms with Crippen LogP contribution >= 0.6 is 0 Å². The highest BCUT2D eigenvalue weighted by atomic mass is 16.5. The molecule has 0 fully saturated rings. The van der Waals surface area contributed by atoms with E-state index in [2.05, 4.69) is 15.3 Å². The van der Waals surface area contributed by atoms with Crippen LogP contribution in [-0.4, -0.2) is 40.2 Å². The Labute approximate surface area is 138 Å². The molecule has 24 heavy (non-hydrogen) atoms. The van der Waals surface area contributed by atoms with E-state index in [1.807, 2.05) is 13.8 Å². The third-order valence-corrected chi connectivity index (χ3v) is 2.91. The number of aromatic nitrogens is 2. The summed E-state index contributed by atoms with van der Waals surface area (Å²) in [4.78, 5) is 30.5. The van der Waals surface area contributed by atoms with Crippen LogP contribution in [0.15, 0.2) is 30.6 Å². The molecule has 0 aliphatic heterocycles. The van der Waals surface area contributed by atoms with Crippen molar-refractivity contribution in [1.29, 1.82) is 0 Å². The van der Waals surface area contributed by atoms with Gasteiger partial charge in [-0.3, -0.25) is 4.79 Å². The van der Waals surface area contributed by atoms with Crippen molar-refractivity contribution in [3.8, 4) is 11.5 Å². The van der Waals surface area contributed by atoms with Gasteiger partial charge in [0.1, 0.15) is 17.2 Å². The molecule has 0 saturated carbocycles. The molecule has 0 radical (unpaired) electrons. The fourth-order valence-electron chi connectivity index (χ4n) is 1.89. The Morgan fingerprint density at radius 3 is 2.33 bits per heavy atom. The first-order valence-corrected chi connectivity index (χ1v) is 7.31. The first-order valence-electron chi connectivity index (χ1n) is 7.31. The molecule has 0 saturated heterocycles. The molecule has 2 rings (SSSR count). The molecule has 126 valence electrons. The molecule has 1 aromatic heterocycles. The van der Waals surface area contributed by atoms with E-state index in [-0.39, 0.29) is 11.4 Å². The van der Waals surface area contributed by atoms with Crippen LogP contribution in [0.4, 0.5) is 5.69 Å². The lowest BCUT2D eigenvalue weighted by atomic mass is 10.2. The van der Waals surface area contributed by atoms with Gasteiger partial charge in [-0.25, -0.2) is 14.8 Å². The Morgan fingerprint density at radius 2 is 1.75 bits per heavy atom. The summed E-state index contributed by atoms with van der Waals surface area (Å²) >= 11 is 0. The van der Waals surface area contributed by atoms with E-state index in [9.17, 15) is 9.59 Å². The average molecular weight is 331 g/mol. The van der Waals surface area contributed by atoms with Crippen molar-refractivity contribution >= 4 is 17.6 Å². The maximum absolute atomic E-state index is 12.3. The minimum absolute atomic E-state index is 0.00994. The van der Waals surface area contributed by atoms with Crippen molar-refractivity contribution in [3.05, 3.63) is 42.0 Å². The monoisotopic (exact) mass is 331 g/mol. The molecule has 0 unspecified atom stereocenters. The number of carbonyl (C=O) groups excluding carboxylic acids is 1. The average Bonchev–Trinajstić information content (AvgIpc) is 2.57. The van der Waals surface area contributed by atoms with Crippen molar-refractivity contribution in [1.82, 2.24) is 9.97 Å². The summed E-state index contributed by atoms with van der Waals surface area (Å²) in [5.41, 5.74) is 0.182. The molecule has 2 aromatic rings. The van der Waals surface area contributed by atoms with Crippen LogP contribution in [0.5, 0.6) is 11.5 Å². The Balaban J connectivity index is 2.22. The highest BCUT2D eigenvalue weighted by Gasteiger charge is 2.14. The number of hydrogen-bond acceptors (Lipinski definition) is 6. The molecule has 0 spiro atoms. The molecule has 0 aliphatic carbocycles. The molecule has 0 atom stereocenters. The first-order chi connectivity index (χ1) is 11.5. The first kappa shape index (κ1) is 17.2. The summed E-state index contributed by atoms with van der Waals surface area (Å²) in [6.45, 7) is 4.61. The molecular weight excluding hydrogens is 314 g/mol. The fourth-order valence-corrected chi connectivity index (χ4v) is 1.89. The van der Waals surface area contributed by atoms with Crippen molar-refractivity contribution in [2.75, 3.05) is 18.5 Å². The molecule has 2 N–H and O–H groups in total. The largest absolute Gasteiger partial charge is 0.494 e. The van der Waals surface area contributed by atoms with E-state index in [4.69, 9.17) is 14.6 Å². The van der Waals surface area contributed by atoms with E-state index in [0.717, 1.165) is 12.4 Å². The summed E-state index contributed by atoms with van der Waals surface area (Å²) in [5, 5.41) is 11.5. The predicted octanol–water partition coefficient (Wildman–Crippen LogP) is 2.22. The summed E-state index contributed by atoms with van der Waals surface area (Å²) in [6, 6.07) is 5.08.